The summed E-state index contributed by atoms with van der Waals surface area (Å²) < 4.78 is 12.7. The lowest BCUT2D eigenvalue weighted by atomic mass is 10.3. The van der Waals surface area contributed by atoms with Crippen LogP contribution in [0.3, 0.4) is 0 Å². The normalized spacial score (nSPS) is 15.5. The Balaban J connectivity index is 1.32. The second kappa shape index (κ2) is 9.18. The molecule has 0 unspecified atom stereocenters. The van der Waals surface area contributed by atoms with Crippen LogP contribution < -0.4 is 5.32 Å². The number of rotatable bonds is 8. The number of morpholine rings is 1. The maximum Gasteiger partial charge on any atom is 0.183 e. The molecule has 0 aliphatic carbocycles. The minimum absolute atomic E-state index is 0.696. The standard InChI is InChI=1S/C20H25N5O2S/c1-16-19(28-20(22-16)21-7-2-4-17-5-3-13-27-17)18-6-8-25(23-18)10-9-24-11-14-26-15-12-24/h2-6,8,13H,7,9-12,14-15H2,1H3,(H,21,22)/b4-2+. The van der Waals surface area contributed by atoms with Gasteiger partial charge in [0, 0.05) is 32.4 Å². The third-order valence-electron chi connectivity index (χ3n) is 4.62. The summed E-state index contributed by atoms with van der Waals surface area (Å²) in [6.45, 7) is 8.29. The first-order valence-corrected chi connectivity index (χ1v) is 10.3. The number of aromatic nitrogens is 3. The summed E-state index contributed by atoms with van der Waals surface area (Å²) in [6.07, 6.45) is 7.69. The van der Waals surface area contributed by atoms with Crippen LogP contribution in [0.4, 0.5) is 5.13 Å². The predicted octanol–water partition coefficient (Wildman–Crippen LogP) is 3.37. The van der Waals surface area contributed by atoms with Gasteiger partial charge in [-0.15, -0.1) is 0 Å². The monoisotopic (exact) mass is 399 g/mol. The minimum Gasteiger partial charge on any atom is -0.465 e. The van der Waals surface area contributed by atoms with Crippen molar-refractivity contribution >= 4 is 22.5 Å². The molecule has 0 bridgehead atoms. The predicted molar refractivity (Wildman–Crippen MR) is 112 cm³/mol. The van der Waals surface area contributed by atoms with Gasteiger partial charge in [-0.3, -0.25) is 9.58 Å². The van der Waals surface area contributed by atoms with Crippen molar-refractivity contribution in [2.75, 3.05) is 44.7 Å². The molecule has 1 fully saturated rings. The molecule has 7 nitrogen and oxygen atoms in total. The van der Waals surface area contributed by atoms with E-state index in [4.69, 9.17) is 14.3 Å². The molecule has 0 aromatic carbocycles. The second-order valence-corrected chi connectivity index (χ2v) is 7.65. The Labute approximate surface area is 168 Å². The average molecular weight is 400 g/mol. The molecular weight excluding hydrogens is 374 g/mol. The van der Waals surface area contributed by atoms with Crippen LogP contribution in [0.25, 0.3) is 16.6 Å². The lowest BCUT2D eigenvalue weighted by molar-refractivity contribution is 0.0360. The molecule has 1 N–H and O–H groups in total. The van der Waals surface area contributed by atoms with E-state index in [-0.39, 0.29) is 0 Å². The topological polar surface area (TPSA) is 68.4 Å². The number of furan rings is 1. The molecule has 0 radical (unpaired) electrons. The lowest BCUT2D eigenvalue weighted by Gasteiger charge is -2.26. The van der Waals surface area contributed by atoms with Crippen LogP contribution in [0.15, 0.2) is 41.2 Å². The van der Waals surface area contributed by atoms with Crippen LogP contribution in [-0.4, -0.2) is 59.1 Å². The number of hydrogen-bond donors (Lipinski definition) is 1. The van der Waals surface area contributed by atoms with Crippen molar-refractivity contribution in [2.24, 2.45) is 0 Å². The molecule has 4 rings (SSSR count). The number of anilines is 1. The van der Waals surface area contributed by atoms with E-state index in [1.807, 2.05) is 42.1 Å². The summed E-state index contributed by atoms with van der Waals surface area (Å²) in [5.74, 6) is 0.848. The van der Waals surface area contributed by atoms with Gasteiger partial charge in [-0.25, -0.2) is 4.98 Å². The van der Waals surface area contributed by atoms with Gasteiger partial charge in [0.15, 0.2) is 5.13 Å². The molecule has 1 saturated heterocycles. The SMILES string of the molecule is Cc1nc(NC/C=C/c2ccco2)sc1-c1ccn(CCN2CCOCC2)n1. The van der Waals surface area contributed by atoms with Gasteiger partial charge in [-0.1, -0.05) is 17.4 Å². The van der Waals surface area contributed by atoms with Crippen molar-refractivity contribution in [3.05, 3.63) is 48.2 Å². The zero-order valence-electron chi connectivity index (χ0n) is 16.0. The molecule has 28 heavy (non-hydrogen) atoms. The van der Waals surface area contributed by atoms with E-state index in [2.05, 4.69) is 21.3 Å². The van der Waals surface area contributed by atoms with Gasteiger partial charge < -0.3 is 14.5 Å². The highest BCUT2D eigenvalue weighted by Gasteiger charge is 2.13. The highest BCUT2D eigenvalue weighted by molar-refractivity contribution is 7.19. The highest BCUT2D eigenvalue weighted by atomic mass is 32.1. The average Bonchev–Trinajstić information content (AvgIpc) is 3.46. The minimum atomic E-state index is 0.696. The fourth-order valence-electron chi connectivity index (χ4n) is 3.09. The van der Waals surface area contributed by atoms with Gasteiger partial charge >= 0.3 is 0 Å². The molecule has 3 aromatic heterocycles. The summed E-state index contributed by atoms with van der Waals surface area (Å²) in [5, 5.41) is 8.99. The van der Waals surface area contributed by atoms with Gasteiger partial charge in [0.25, 0.3) is 0 Å². The first-order valence-electron chi connectivity index (χ1n) is 9.53. The largest absolute Gasteiger partial charge is 0.465 e. The van der Waals surface area contributed by atoms with Crippen molar-refractivity contribution < 1.29 is 9.15 Å². The number of thiazole rings is 1. The molecule has 0 saturated carbocycles. The highest BCUT2D eigenvalue weighted by Crippen LogP contribution is 2.31. The van der Waals surface area contributed by atoms with Crippen LogP contribution in [0, 0.1) is 6.92 Å². The van der Waals surface area contributed by atoms with E-state index >= 15 is 0 Å². The number of nitrogens with one attached hydrogen (secondary N) is 1. The van der Waals surface area contributed by atoms with Crippen LogP contribution in [0.1, 0.15) is 11.5 Å². The van der Waals surface area contributed by atoms with Crippen molar-refractivity contribution in [3.8, 4) is 10.6 Å². The molecular formula is C20H25N5O2S. The summed E-state index contributed by atoms with van der Waals surface area (Å²) in [7, 11) is 0. The number of nitrogens with zero attached hydrogens (tertiary/aromatic N) is 4. The zero-order chi connectivity index (χ0) is 19.2. The van der Waals surface area contributed by atoms with Crippen LogP contribution in [0.2, 0.25) is 0 Å². The summed E-state index contributed by atoms with van der Waals surface area (Å²) in [5.41, 5.74) is 1.98. The third-order valence-corrected chi connectivity index (χ3v) is 5.75. The third kappa shape index (κ3) is 4.89. The maximum atomic E-state index is 5.40. The van der Waals surface area contributed by atoms with Crippen molar-refractivity contribution in [1.29, 1.82) is 0 Å². The van der Waals surface area contributed by atoms with E-state index in [9.17, 15) is 0 Å². The molecule has 0 amide bonds. The van der Waals surface area contributed by atoms with Crippen LogP contribution >= 0.6 is 11.3 Å². The van der Waals surface area contributed by atoms with E-state index in [0.29, 0.717) is 6.54 Å². The molecule has 148 valence electrons. The Kier molecular flexibility index (Phi) is 6.20. The van der Waals surface area contributed by atoms with E-state index in [1.165, 1.54) is 0 Å². The zero-order valence-corrected chi connectivity index (χ0v) is 16.8. The first kappa shape index (κ1) is 18.9. The van der Waals surface area contributed by atoms with Gasteiger partial charge in [0.05, 0.1) is 36.6 Å². The molecule has 0 atom stereocenters. The summed E-state index contributed by atoms with van der Waals surface area (Å²) in [6, 6.07) is 5.88. The quantitative estimate of drug-likeness (QED) is 0.626. The van der Waals surface area contributed by atoms with Crippen molar-refractivity contribution in [3.63, 3.8) is 0 Å². The molecule has 4 heterocycles. The van der Waals surface area contributed by atoms with E-state index < -0.39 is 0 Å². The number of aryl methyl sites for hydroxylation is 1. The fourth-order valence-corrected chi connectivity index (χ4v) is 4.03. The smallest absolute Gasteiger partial charge is 0.183 e. The first-order chi connectivity index (χ1) is 13.8. The number of ether oxygens (including phenoxy) is 1. The van der Waals surface area contributed by atoms with Crippen LogP contribution in [-0.2, 0) is 11.3 Å². The Morgan fingerprint density at radius 2 is 2.14 bits per heavy atom. The van der Waals surface area contributed by atoms with Gasteiger partial charge in [-0.2, -0.15) is 5.10 Å². The Morgan fingerprint density at radius 3 is 2.96 bits per heavy atom. The van der Waals surface area contributed by atoms with Gasteiger partial charge in [-0.05, 0) is 31.2 Å². The maximum absolute atomic E-state index is 5.40. The lowest BCUT2D eigenvalue weighted by Crippen LogP contribution is -2.38. The fraction of sp³-hybridized carbons (Fsp3) is 0.400. The van der Waals surface area contributed by atoms with Crippen molar-refractivity contribution in [1.82, 2.24) is 19.7 Å². The molecule has 1 aliphatic heterocycles. The number of hydrogen-bond acceptors (Lipinski definition) is 7. The van der Waals surface area contributed by atoms with E-state index in [1.54, 1.807) is 17.6 Å². The van der Waals surface area contributed by atoms with Crippen molar-refractivity contribution in [2.45, 2.75) is 13.5 Å². The van der Waals surface area contributed by atoms with Gasteiger partial charge in [0.2, 0.25) is 0 Å². The summed E-state index contributed by atoms with van der Waals surface area (Å²) in [4.78, 5) is 8.16. The molecule has 0 spiro atoms. The molecule has 8 heteroatoms. The Morgan fingerprint density at radius 1 is 1.25 bits per heavy atom. The molecule has 3 aromatic rings. The van der Waals surface area contributed by atoms with Crippen LogP contribution in [0.5, 0.6) is 0 Å². The Bertz CT molecular complexity index is 894. The van der Waals surface area contributed by atoms with E-state index in [0.717, 1.165) is 66.5 Å². The molecule has 1 aliphatic rings. The Hall–Kier alpha value is -2.42. The second-order valence-electron chi connectivity index (χ2n) is 6.65. The van der Waals surface area contributed by atoms with Gasteiger partial charge in [0.1, 0.15) is 11.5 Å². The summed E-state index contributed by atoms with van der Waals surface area (Å²) >= 11 is 1.64.